The summed E-state index contributed by atoms with van der Waals surface area (Å²) < 4.78 is 5.70. The van der Waals surface area contributed by atoms with Crippen molar-refractivity contribution in [1.29, 1.82) is 0 Å². The number of aromatic amines is 1. The van der Waals surface area contributed by atoms with Crippen LogP contribution in [0.5, 0.6) is 11.8 Å². The number of nitrogen functional groups attached to an aromatic ring is 1. The fourth-order valence-electron chi connectivity index (χ4n) is 1.82. The van der Waals surface area contributed by atoms with Crippen molar-refractivity contribution in [3.05, 3.63) is 55.1 Å². The van der Waals surface area contributed by atoms with Gasteiger partial charge in [0.05, 0.1) is 5.69 Å². The molecule has 3 aromatic rings. The molecule has 0 fully saturated rings. The first kappa shape index (κ1) is 11.3. The van der Waals surface area contributed by atoms with Crippen molar-refractivity contribution < 1.29 is 4.74 Å². The number of para-hydroxylation sites is 1. The molecule has 0 spiro atoms. The molecular formula is C14H12N4O. The fourth-order valence-corrected chi connectivity index (χ4v) is 1.82. The number of rotatable bonds is 3. The number of aromatic nitrogens is 3. The molecule has 0 aliphatic carbocycles. The van der Waals surface area contributed by atoms with Gasteiger partial charge in [-0.1, -0.05) is 12.1 Å². The number of H-pyrrole nitrogens is 1. The number of nitrogens with two attached hydrogens (primary N) is 1. The van der Waals surface area contributed by atoms with Gasteiger partial charge in [-0.25, -0.2) is 9.97 Å². The summed E-state index contributed by atoms with van der Waals surface area (Å²) in [6.45, 7) is 0. The maximum absolute atomic E-state index is 5.98. The van der Waals surface area contributed by atoms with E-state index in [0.29, 0.717) is 11.4 Å². The van der Waals surface area contributed by atoms with Crippen LogP contribution in [0.2, 0.25) is 0 Å². The van der Waals surface area contributed by atoms with Gasteiger partial charge >= 0.3 is 6.01 Å². The first-order valence-electron chi connectivity index (χ1n) is 5.81. The predicted octanol–water partition coefficient (Wildman–Crippen LogP) is 2.85. The Morgan fingerprint density at radius 1 is 1.05 bits per heavy atom. The zero-order valence-corrected chi connectivity index (χ0v) is 10.1. The number of hydrogen-bond donors (Lipinski definition) is 2. The average molecular weight is 252 g/mol. The highest BCUT2D eigenvalue weighted by molar-refractivity contribution is 5.77. The molecule has 0 saturated heterocycles. The van der Waals surface area contributed by atoms with E-state index < -0.39 is 0 Å². The quantitative estimate of drug-likeness (QED) is 0.703. The molecule has 3 rings (SSSR count). The first-order valence-corrected chi connectivity index (χ1v) is 5.81. The van der Waals surface area contributed by atoms with Gasteiger partial charge < -0.3 is 15.5 Å². The minimum Gasteiger partial charge on any atom is -0.421 e. The van der Waals surface area contributed by atoms with Gasteiger partial charge in [0.25, 0.3) is 0 Å². The molecule has 0 aliphatic rings. The van der Waals surface area contributed by atoms with Crippen LogP contribution >= 0.6 is 0 Å². The Labute approximate surface area is 110 Å². The molecule has 0 saturated carbocycles. The summed E-state index contributed by atoms with van der Waals surface area (Å²) in [7, 11) is 0. The van der Waals surface area contributed by atoms with Crippen LogP contribution in [0.15, 0.2) is 55.1 Å². The van der Waals surface area contributed by atoms with E-state index in [0.717, 1.165) is 11.1 Å². The van der Waals surface area contributed by atoms with E-state index in [-0.39, 0.29) is 6.01 Å². The zero-order chi connectivity index (χ0) is 13.1. The number of anilines is 1. The van der Waals surface area contributed by atoms with Crippen molar-refractivity contribution in [2.24, 2.45) is 0 Å². The van der Waals surface area contributed by atoms with E-state index in [1.807, 2.05) is 30.6 Å². The molecule has 0 unspecified atom stereocenters. The van der Waals surface area contributed by atoms with Crippen LogP contribution in [0.3, 0.4) is 0 Å². The Kier molecular flexibility index (Phi) is 2.86. The molecule has 5 heteroatoms. The lowest BCUT2D eigenvalue weighted by atomic mass is 10.1. The number of hydrogen-bond acceptors (Lipinski definition) is 4. The Hall–Kier alpha value is -2.82. The van der Waals surface area contributed by atoms with Gasteiger partial charge in [-0.15, -0.1) is 0 Å². The second-order valence-electron chi connectivity index (χ2n) is 3.96. The summed E-state index contributed by atoms with van der Waals surface area (Å²) in [5, 5.41) is 0. The van der Waals surface area contributed by atoms with Gasteiger partial charge in [-0.3, -0.25) is 0 Å². The number of benzene rings is 1. The lowest BCUT2D eigenvalue weighted by molar-refractivity contribution is 0.445. The van der Waals surface area contributed by atoms with Gasteiger partial charge in [0.1, 0.15) is 0 Å². The van der Waals surface area contributed by atoms with E-state index in [1.165, 1.54) is 0 Å². The highest BCUT2D eigenvalue weighted by Crippen LogP contribution is 2.36. The van der Waals surface area contributed by atoms with Crippen LogP contribution in [-0.4, -0.2) is 15.0 Å². The Bertz CT molecular complexity index is 665. The second kappa shape index (κ2) is 4.81. The SMILES string of the molecule is Nc1cccc(-c2cc[nH]c2)c1Oc1ncccn1. The third-order valence-electron chi connectivity index (χ3n) is 2.69. The summed E-state index contributed by atoms with van der Waals surface area (Å²) in [5.74, 6) is 0.563. The third kappa shape index (κ3) is 2.26. The molecule has 0 radical (unpaired) electrons. The van der Waals surface area contributed by atoms with E-state index in [4.69, 9.17) is 10.5 Å². The largest absolute Gasteiger partial charge is 0.421 e. The van der Waals surface area contributed by atoms with Crippen LogP contribution in [0.4, 0.5) is 5.69 Å². The summed E-state index contributed by atoms with van der Waals surface area (Å²) in [5.41, 5.74) is 8.43. The number of ether oxygens (including phenoxy) is 1. The summed E-state index contributed by atoms with van der Waals surface area (Å²) in [6, 6.07) is 9.57. The molecule has 3 N–H and O–H groups in total. The van der Waals surface area contributed by atoms with Gasteiger partial charge in [-0.05, 0) is 18.2 Å². The lowest BCUT2D eigenvalue weighted by Crippen LogP contribution is -1.97. The van der Waals surface area contributed by atoms with Crippen LogP contribution in [0, 0.1) is 0 Å². The van der Waals surface area contributed by atoms with Crippen molar-refractivity contribution in [2.75, 3.05) is 5.73 Å². The monoisotopic (exact) mass is 252 g/mol. The maximum Gasteiger partial charge on any atom is 0.321 e. The molecule has 94 valence electrons. The average Bonchev–Trinajstić information content (AvgIpc) is 2.96. The smallest absolute Gasteiger partial charge is 0.321 e. The molecule has 5 nitrogen and oxygen atoms in total. The minimum absolute atomic E-state index is 0.275. The fraction of sp³-hybridized carbons (Fsp3) is 0. The van der Waals surface area contributed by atoms with Gasteiger partial charge in [0.15, 0.2) is 5.75 Å². The summed E-state index contributed by atoms with van der Waals surface area (Å²) in [4.78, 5) is 11.1. The number of nitrogens with one attached hydrogen (secondary N) is 1. The minimum atomic E-state index is 0.275. The molecule has 0 atom stereocenters. The number of nitrogens with zero attached hydrogens (tertiary/aromatic N) is 2. The lowest BCUT2D eigenvalue weighted by Gasteiger charge is -2.11. The van der Waals surface area contributed by atoms with Crippen molar-refractivity contribution in [3.8, 4) is 22.9 Å². The van der Waals surface area contributed by atoms with Crippen molar-refractivity contribution >= 4 is 5.69 Å². The summed E-state index contributed by atoms with van der Waals surface area (Å²) in [6.07, 6.45) is 6.98. The standard InChI is InChI=1S/C14H12N4O/c15-12-4-1-3-11(10-5-8-16-9-10)13(12)19-14-17-6-2-7-18-14/h1-9,16H,15H2. The second-order valence-corrected chi connectivity index (χ2v) is 3.96. The Morgan fingerprint density at radius 3 is 2.63 bits per heavy atom. The van der Waals surface area contributed by atoms with E-state index in [2.05, 4.69) is 15.0 Å². The summed E-state index contributed by atoms with van der Waals surface area (Å²) >= 11 is 0. The maximum atomic E-state index is 5.98. The van der Waals surface area contributed by atoms with Crippen molar-refractivity contribution in [2.45, 2.75) is 0 Å². The van der Waals surface area contributed by atoms with Gasteiger partial charge in [0, 0.05) is 35.9 Å². The molecule has 0 amide bonds. The van der Waals surface area contributed by atoms with Crippen LogP contribution in [0.25, 0.3) is 11.1 Å². The molecular weight excluding hydrogens is 240 g/mol. The zero-order valence-electron chi connectivity index (χ0n) is 10.1. The molecule has 0 bridgehead atoms. The van der Waals surface area contributed by atoms with Gasteiger partial charge in [0.2, 0.25) is 0 Å². The van der Waals surface area contributed by atoms with E-state index >= 15 is 0 Å². The van der Waals surface area contributed by atoms with Crippen LogP contribution in [-0.2, 0) is 0 Å². The normalized spacial score (nSPS) is 10.3. The highest BCUT2D eigenvalue weighted by atomic mass is 16.5. The Balaban J connectivity index is 2.05. The van der Waals surface area contributed by atoms with Crippen molar-refractivity contribution in [1.82, 2.24) is 15.0 Å². The highest BCUT2D eigenvalue weighted by Gasteiger charge is 2.12. The molecule has 1 aromatic carbocycles. The predicted molar refractivity (Wildman–Crippen MR) is 72.7 cm³/mol. The first-order chi connectivity index (χ1) is 9.34. The molecule has 0 aliphatic heterocycles. The van der Waals surface area contributed by atoms with E-state index in [1.54, 1.807) is 24.5 Å². The van der Waals surface area contributed by atoms with E-state index in [9.17, 15) is 0 Å². The van der Waals surface area contributed by atoms with Crippen LogP contribution < -0.4 is 10.5 Å². The third-order valence-corrected chi connectivity index (χ3v) is 2.69. The molecule has 2 aromatic heterocycles. The topological polar surface area (TPSA) is 76.8 Å². The molecule has 2 heterocycles. The van der Waals surface area contributed by atoms with Crippen molar-refractivity contribution in [3.63, 3.8) is 0 Å². The Morgan fingerprint density at radius 2 is 1.89 bits per heavy atom. The molecule has 19 heavy (non-hydrogen) atoms. The van der Waals surface area contributed by atoms with Gasteiger partial charge in [-0.2, -0.15) is 0 Å². The van der Waals surface area contributed by atoms with Crippen LogP contribution in [0.1, 0.15) is 0 Å².